The minimum absolute atomic E-state index is 0.00420. The highest BCUT2D eigenvalue weighted by Crippen LogP contribution is 2.21. The van der Waals surface area contributed by atoms with E-state index in [1.807, 2.05) is 0 Å². The molecule has 27 heavy (non-hydrogen) atoms. The van der Waals surface area contributed by atoms with E-state index >= 15 is 0 Å². The van der Waals surface area contributed by atoms with Crippen LogP contribution in [0.2, 0.25) is 0 Å². The minimum atomic E-state index is -1.10. The first-order valence-corrected chi connectivity index (χ1v) is 9.56. The quantitative estimate of drug-likeness (QED) is 0.303. The van der Waals surface area contributed by atoms with Gasteiger partial charge in [-0.1, -0.05) is 0 Å². The van der Waals surface area contributed by atoms with Crippen molar-refractivity contribution >= 4 is 36.3 Å². The number of likely N-dealkylation sites (tertiary alicyclic amines) is 2. The zero-order valence-electron chi connectivity index (χ0n) is 14.9. The van der Waals surface area contributed by atoms with Gasteiger partial charge in [-0.05, 0) is 25.7 Å². The Hall–Kier alpha value is -1.85. The van der Waals surface area contributed by atoms with Crippen molar-refractivity contribution in [3.8, 4) is 0 Å². The number of nitrogens with two attached hydrogens (primary N) is 1. The number of hydrogen-bond acceptors (Lipinski definition) is 7. The number of nitrogens with zero attached hydrogens (tertiary/aromatic N) is 2. The number of aliphatic carboxylic acids is 1. The van der Waals surface area contributed by atoms with Gasteiger partial charge in [0.1, 0.15) is 24.2 Å². The number of amides is 3. The molecule has 0 aromatic heterocycles. The van der Waals surface area contributed by atoms with Crippen molar-refractivity contribution in [1.82, 2.24) is 15.1 Å². The number of carbonyl (C=O) groups excluding carboxylic acids is 3. The summed E-state index contributed by atoms with van der Waals surface area (Å²) in [7, 11) is 0. The van der Waals surface area contributed by atoms with Gasteiger partial charge in [0, 0.05) is 18.8 Å². The molecule has 2 heterocycles. The summed E-state index contributed by atoms with van der Waals surface area (Å²) < 4.78 is 0. The normalized spacial score (nSPS) is 24.6. The van der Waals surface area contributed by atoms with Crippen LogP contribution in [0.3, 0.4) is 0 Å². The summed E-state index contributed by atoms with van der Waals surface area (Å²) in [6.45, 7) is 0.139. The Morgan fingerprint density at radius 3 is 2.15 bits per heavy atom. The molecule has 2 saturated heterocycles. The van der Waals surface area contributed by atoms with Crippen molar-refractivity contribution in [2.45, 2.75) is 49.9 Å². The van der Waals surface area contributed by atoms with Gasteiger partial charge in [0.2, 0.25) is 17.7 Å². The lowest BCUT2D eigenvalue weighted by Gasteiger charge is -2.29. The molecule has 0 unspecified atom stereocenters. The van der Waals surface area contributed by atoms with Gasteiger partial charge in [-0.3, -0.25) is 14.4 Å². The average Bonchev–Trinajstić information content (AvgIpc) is 3.33. The highest BCUT2D eigenvalue weighted by molar-refractivity contribution is 7.80. The number of hydrogen-bond donors (Lipinski definition) is 5. The van der Waals surface area contributed by atoms with Crippen LogP contribution >= 0.6 is 12.6 Å². The first-order valence-electron chi connectivity index (χ1n) is 8.93. The second kappa shape index (κ2) is 9.38. The number of aliphatic hydroxyl groups excluding tert-OH is 1. The van der Waals surface area contributed by atoms with E-state index in [4.69, 9.17) is 10.8 Å². The maximum Gasteiger partial charge on any atom is 0.326 e. The highest BCUT2D eigenvalue weighted by atomic mass is 32.1. The fourth-order valence-electron chi connectivity index (χ4n) is 3.53. The van der Waals surface area contributed by atoms with Crippen LogP contribution in [0.15, 0.2) is 0 Å². The molecule has 0 saturated carbocycles. The van der Waals surface area contributed by atoms with Crippen LogP contribution in [0.25, 0.3) is 0 Å². The lowest BCUT2D eigenvalue weighted by molar-refractivity contribution is -0.149. The van der Waals surface area contributed by atoms with E-state index in [1.54, 1.807) is 0 Å². The van der Waals surface area contributed by atoms with Crippen LogP contribution in [0.1, 0.15) is 25.7 Å². The fourth-order valence-corrected chi connectivity index (χ4v) is 3.78. The predicted octanol–water partition coefficient (Wildman–Crippen LogP) is -2.21. The standard InChI is InChI=1S/C16H26N4O6S/c17-9(7-21)14(23)19-5-1-3-11(19)13(22)18-10(8-27)15(24)20-6-2-4-12(20)16(25)26/h9-12,21,27H,1-8,17H2,(H,18,22)(H,25,26)/t9-,10-,11-,12-/m0/s1. The molecule has 2 aliphatic rings. The summed E-state index contributed by atoms with van der Waals surface area (Å²) in [6, 6.07) is -3.76. The number of nitrogens with one attached hydrogen (secondary N) is 1. The molecule has 0 aromatic rings. The van der Waals surface area contributed by atoms with E-state index in [0.29, 0.717) is 38.8 Å². The summed E-state index contributed by atoms with van der Waals surface area (Å²) in [4.78, 5) is 51.4. The smallest absolute Gasteiger partial charge is 0.326 e. The first kappa shape index (κ1) is 21.5. The molecule has 11 heteroatoms. The molecule has 10 nitrogen and oxygen atoms in total. The Morgan fingerprint density at radius 2 is 1.63 bits per heavy atom. The van der Waals surface area contributed by atoms with E-state index in [2.05, 4.69) is 17.9 Å². The molecular weight excluding hydrogens is 376 g/mol. The van der Waals surface area contributed by atoms with Crippen LogP contribution in [0.5, 0.6) is 0 Å². The third kappa shape index (κ3) is 4.71. The summed E-state index contributed by atoms with van der Waals surface area (Å²) >= 11 is 4.11. The second-order valence-corrected chi connectivity index (χ2v) is 7.12. The predicted molar refractivity (Wildman–Crippen MR) is 98.0 cm³/mol. The number of carboxylic acid groups (broad SMARTS) is 1. The van der Waals surface area contributed by atoms with Gasteiger partial charge in [-0.25, -0.2) is 4.79 Å². The Balaban J connectivity index is 2.04. The third-order valence-corrected chi connectivity index (χ3v) is 5.34. The van der Waals surface area contributed by atoms with E-state index in [1.165, 1.54) is 9.80 Å². The molecule has 2 rings (SSSR count). The first-order chi connectivity index (χ1) is 12.8. The molecule has 0 spiro atoms. The van der Waals surface area contributed by atoms with Gasteiger partial charge >= 0.3 is 5.97 Å². The van der Waals surface area contributed by atoms with E-state index in [9.17, 15) is 24.3 Å². The maximum absolute atomic E-state index is 12.7. The lowest BCUT2D eigenvalue weighted by Crippen LogP contribution is -2.57. The maximum atomic E-state index is 12.7. The van der Waals surface area contributed by atoms with Gasteiger partial charge in [-0.15, -0.1) is 0 Å². The third-order valence-electron chi connectivity index (χ3n) is 4.97. The van der Waals surface area contributed by atoms with Gasteiger partial charge in [0.25, 0.3) is 0 Å². The SMILES string of the molecule is N[C@@H](CO)C(=O)N1CCC[C@H]1C(=O)N[C@@H](CS)C(=O)N1CCC[C@H]1C(=O)O. The number of aliphatic hydroxyl groups is 1. The Morgan fingerprint density at radius 1 is 1.07 bits per heavy atom. The Labute approximate surface area is 162 Å². The zero-order chi connectivity index (χ0) is 20.1. The number of carboxylic acids is 1. The largest absolute Gasteiger partial charge is 0.480 e. The molecule has 0 bridgehead atoms. The molecule has 0 radical (unpaired) electrons. The molecule has 152 valence electrons. The van der Waals surface area contributed by atoms with Crippen molar-refractivity contribution in [1.29, 1.82) is 0 Å². The van der Waals surface area contributed by atoms with E-state index in [-0.39, 0.29) is 5.75 Å². The van der Waals surface area contributed by atoms with Crippen molar-refractivity contribution < 1.29 is 29.4 Å². The topological polar surface area (TPSA) is 153 Å². The van der Waals surface area contributed by atoms with Crippen LogP contribution in [0, 0.1) is 0 Å². The van der Waals surface area contributed by atoms with Gasteiger partial charge in [0.05, 0.1) is 6.61 Å². The van der Waals surface area contributed by atoms with Crippen LogP contribution in [-0.2, 0) is 19.2 Å². The Bertz CT molecular complexity index is 603. The fraction of sp³-hybridized carbons (Fsp3) is 0.750. The van der Waals surface area contributed by atoms with E-state index < -0.39 is 54.5 Å². The molecule has 3 amide bonds. The summed E-state index contributed by atoms with van der Waals surface area (Å²) in [5.41, 5.74) is 5.56. The molecular formula is C16H26N4O6S. The van der Waals surface area contributed by atoms with Crippen molar-refractivity contribution in [2.24, 2.45) is 5.73 Å². The van der Waals surface area contributed by atoms with Crippen molar-refractivity contribution in [2.75, 3.05) is 25.4 Å². The molecule has 0 aromatic carbocycles. The van der Waals surface area contributed by atoms with Crippen molar-refractivity contribution in [3.63, 3.8) is 0 Å². The van der Waals surface area contributed by atoms with Crippen LogP contribution < -0.4 is 11.1 Å². The van der Waals surface area contributed by atoms with E-state index in [0.717, 1.165) is 0 Å². The summed E-state index contributed by atoms with van der Waals surface area (Å²) in [5, 5.41) is 20.9. The molecule has 5 N–H and O–H groups in total. The van der Waals surface area contributed by atoms with Crippen molar-refractivity contribution in [3.05, 3.63) is 0 Å². The van der Waals surface area contributed by atoms with Gasteiger partial charge in [-0.2, -0.15) is 12.6 Å². The number of thiol groups is 1. The minimum Gasteiger partial charge on any atom is -0.480 e. The molecule has 4 atom stereocenters. The average molecular weight is 402 g/mol. The Kier molecular flexibility index (Phi) is 7.45. The van der Waals surface area contributed by atoms with Gasteiger partial charge in [0.15, 0.2) is 0 Å². The molecule has 2 fully saturated rings. The lowest BCUT2D eigenvalue weighted by atomic mass is 10.1. The number of carbonyl (C=O) groups is 4. The van der Waals surface area contributed by atoms with Crippen LogP contribution in [-0.4, -0.2) is 93.3 Å². The number of rotatable bonds is 7. The highest BCUT2D eigenvalue weighted by Gasteiger charge is 2.40. The zero-order valence-corrected chi connectivity index (χ0v) is 15.8. The molecule has 2 aliphatic heterocycles. The summed E-state index contributed by atoms with van der Waals surface area (Å²) in [5.74, 6) is -2.59. The second-order valence-electron chi connectivity index (χ2n) is 6.75. The molecule has 0 aliphatic carbocycles. The summed E-state index contributed by atoms with van der Waals surface area (Å²) in [6.07, 6.45) is 1.98. The van der Waals surface area contributed by atoms with Crippen LogP contribution in [0.4, 0.5) is 0 Å². The van der Waals surface area contributed by atoms with Gasteiger partial charge < -0.3 is 31.1 Å². The monoisotopic (exact) mass is 402 g/mol.